The average molecular weight is 282 g/mol. The lowest BCUT2D eigenvalue weighted by Crippen LogP contribution is -2.29. The molecule has 1 aromatic carbocycles. The van der Waals surface area contributed by atoms with Crippen LogP contribution in [0.3, 0.4) is 0 Å². The number of ether oxygens (including phenoxy) is 2. The molecule has 1 heterocycles. The SMILES string of the molecule is OB(O)c1cccc(OCCSCC2CCCO2)c1. The standard InChI is InChI=1S/C13H19BO4S/c15-14(16)11-3-1-4-12(9-11)18-7-8-19-10-13-5-2-6-17-13/h1,3-4,9,13,15-16H,2,5-8,10H2. The van der Waals surface area contributed by atoms with Gasteiger partial charge < -0.3 is 19.5 Å². The Morgan fingerprint density at radius 3 is 3.05 bits per heavy atom. The summed E-state index contributed by atoms with van der Waals surface area (Å²) in [4.78, 5) is 0. The fourth-order valence-corrected chi connectivity index (χ4v) is 2.87. The Morgan fingerprint density at radius 1 is 1.42 bits per heavy atom. The fourth-order valence-electron chi connectivity index (χ4n) is 1.97. The van der Waals surface area contributed by atoms with Gasteiger partial charge in [-0.2, -0.15) is 11.8 Å². The van der Waals surface area contributed by atoms with E-state index in [-0.39, 0.29) is 0 Å². The summed E-state index contributed by atoms with van der Waals surface area (Å²) in [6, 6.07) is 6.87. The van der Waals surface area contributed by atoms with Crippen LogP contribution in [0.1, 0.15) is 12.8 Å². The molecule has 1 saturated heterocycles. The van der Waals surface area contributed by atoms with Gasteiger partial charge in [0.2, 0.25) is 0 Å². The van der Waals surface area contributed by atoms with Crippen molar-refractivity contribution in [3.05, 3.63) is 24.3 Å². The van der Waals surface area contributed by atoms with Crippen molar-refractivity contribution in [2.75, 3.05) is 24.7 Å². The van der Waals surface area contributed by atoms with Crippen LogP contribution in [0.15, 0.2) is 24.3 Å². The lowest BCUT2D eigenvalue weighted by Gasteiger charge is -2.10. The van der Waals surface area contributed by atoms with Crippen LogP contribution in [0.25, 0.3) is 0 Å². The second-order valence-electron chi connectivity index (χ2n) is 4.50. The summed E-state index contributed by atoms with van der Waals surface area (Å²) in [6.07, 6.45) is 2.76. The minimum atomic E-state index is -1.45. The van der Waals surface area contributed by atoms with Crippen LogP contribution in [-0.2, 0) is 4.74 Å². The zero-order valence-corrected chi connectivity index (χ0v) is 11.6. The molecule has 6 heteroatoms. The van der Waals surface area contributed by atoms with Gasteiger partial charge in [-0.15, -0.1) is 0 Å². The Hall–Kier alpha value is -0.685. The minimum Gasteiger partial charge on any atom is -0.493 e. The van der Waals surface area contributed by atoms with Crippen molar-refractivity contribution in [3.63, 3.8) is 0 Å². The topological polar surface area (TPSA) is 58.9 Å². The lowest BCUT2D eigenvalue weighted by molar-refractivity contribution is 0.129. The Kier molecular flexibility index (Phi) is 6.04. The molecule has 0 radical (unpaired) electrons. The first-order valence-electron chi connectivity index (χ1n) is 6.54. The summed E-state index contributed by atoms with van der Waals surface area (Å²) in [7, 11) is -1.45. The van der Waals surface area contributed by atoms with Crippen LogP contribution in [0, 0.1) is 0 Å². The molecule has 2 N–H and O–H groups in total. The van der Waals surface area contributed by atoms with E-state index in [1.807, 2.05) is 17.8 Å². The number of hydrogen-bond donors (Lipinski definition) is 2. The summed E-state index contributed by atoms with van der Waals surface area (Å²) in [6.45, 7) is 1.51. The molecule has 0 amide bonds. The highest BCUT2D eigenvalue weighted by atomic mass is 32.2. The van der Waals surface area contributed by atoms with Crippen molar-refractivity contribution < 1.29 is 19.5 Å². The molecule has 0 aromatic heterocycles. The molecule has 0 bridgehead atoms. The smallest absolute Gasteiger partial charge is 0.488 e. The van der Waals surface area contributed by atoms with E-state index in [1.54, 1.807) is 18.2 Å². The van der Waals surface area contributed by atoms with Gasteiger partial charge in [-0.05, 0) is 30.4 Å². The maximum Gasteiger partial charge on any atom is 0.488 e. The molecule has 104 valence electrons. The summed E-state index contributed by atoms with van der Waals surface area (Å²) >= 11 is 1.83. The first kappa shape index (κ1) is 14.7. The molecule has 1 aliphatic heterocycles. The molecule has 1 atom stereocenters. The van der Waals surface area contributed by atoms with Gasteiger partial charge in [0.15, 0.2) is 0 Å². The Balaban J connectivity index is 1.63. The third-order valence-electron chi connectivity index (χ3n) is 2.98. The molecular weight excluding hydrogens is 263 g/mol. The van der Waals surface area contributed by atoms with Crippen LogP contribution in [-0.4, -0.2) is 48.0 Å². The second kappa shape index (κ2) is 7.80. The van der Waals surface area contributed by atoms with E-state index in [9.17, 15) is 0 Å². The summed E-state index contributed by atoms with van der Waals surface area (Å²) < 4.78 is 11.1. The third kappa shape index (κ3) is 5.07. The molecule has 2 rings (SSSR count). The molecule has 1 aliphatic rings. The van der Waals surface area contributed by atoms with Crippen molar-refractivity contribution in [3.8, 4) is 5.75 Å². The molecule has 4 nitrogen and oxygen atoms in total. The Bertz CT molecular complexity index is 383. The van der Waals surface area contributed by atoms with E-state index in [0.717, 1.165) is 18.1 Å². The van der Waals surface area contributed by atoms with Gasteiger partial charge >= 0.3 is 7.12 Å². The zero-order valence-electron chi connectivity index (χ0n) is 10.8. The van der Waals surface area contributed by atoms with E-state index < -0.39 is 7.12 Å². The molecule has 1 aromatic rings. The maximum absolute atomic E-state index is 9.06. The van der Waals surface area contributed by atoms with Crippen molar-refractivity contribution >= 4 is 24.3 Å². The molecule has 19 heavy (non-hydrogen) atoms. The van der Waals surface area contributed by atoms with Gasteiger partial charge in [-0.25, -0.2) is 0 Å². The Morgan fingerprint density at radius 2 is 2.32 bits per heavy atom. The quantitative estimate of drug-likeness (QED) is 0.568. The van der Waals surface area contributed by atoms with Gasteiger partial charge in [-0.1, -0.05) is 12.1 Å². The van der Waals surface area contributed by atoms with Crippen LogP contribution in [0.4, 0.5) is 0 Å². The normalized spacial score (nSPS) is 18.5. The predicted molar refractivity (Wildman–Crippen MR) is 78.1 cm³/mol. The van der Waals surface area contributed by atoms with E-state index >= 15 is 0 Å². The predicted octanol–water partition coefficient (Wildman–Crippen LogP) is 0.657. The van der Waals surface area contributed by atoms with Crippen molar-refractivity contribution in [1.82, 2.24) is 0 Å². The van der Waals surface area contributed by atoms with Gasteiger partial charge in [0.1, 0.15) is 5.75 Å². The van der Waals surface area contributed by atoms with E-state index in [0.29, 0.717) is 23.9 Å². The maximum atomic E-state index is 9.06. The summed E-state index contributed by atoms with van der Waals surface area (Å²) in [5.41, 5.74) is 0.449. The van der Waals surface area contributed by atoms with Crippen LogP contribution < -0.4 is 10.2 Å². The zero-order chi connectivity index (χ0) is 13.5. The van der Waals surface area contributed by atoms with Gasteiger partial charge in [-0.3, -0.25) is 0 Å². The van der Waals surface area contributed by atoms with Gasteiger partial charge in [0, 0.05) is 18.1 Å². The molecule has 0 aliphatic carbocycles. The highest BCUT2D eigenvalue weighted by Gasteiger charge is 2.15. The lowest BCUT2D eigenvalue weighted by atomic mass is 9.80. The van der Waals surface area contributed by atoms with Gasteiger partial charge in [0.25, 0.3) is 0 Å². The number of hydrogen-bond acceptors (Lipinski definition) is 5. The van der Waals surface area contributed by atoms with E-state index in [4.69, 9.17) is 19.5 Å². The van der Waals surface area contributed by atoms with Crippen molar-refractivity contribution in [2.24, 2.45) is 0 Å². The monoisotopic (exact) mass is 282 g/mol. The van der Waals surface area contributed by atoms with E-state index in [2.05, 4.69) is 0 Å². The van der Waals surface area contributed by atoms with E-state index in [1.165, 1.54) is 12.8 Å². The van der Waals surface area contributed by atoms with Crippen LogP contribution in [0.2, 0.25) is 0 Å². The first-order chi connectivity index (χ1) is 9.25. The molecule has 1 fully saturated rings. The van der Waals surface area contributed by atoms with Gasteiger partial charge in [0.05, 0.1) is 12.7 Å². The Labute approximate surface area is 118 Å². The summed E-state index contributed by atoms with van der Waals surface area (Å²) in [5.74, 6) is 2.60. The number of rotatable bonds is 7. The highest BCUT2D eigenvalue weighted by Crippen LogP contribution is 2.17. The minimum absolute atomic E-state index is 0.415. The largest absolute Gasteiger partial charge is 0.493 e. The summed E-state index contributed by atoms with van der Waals surface area (Å²) in [5, 5.41) is 18.1. The van der Waals surface area contributed by atoms with Crippen molar-refractivity contribution in [2.45, 2.75) is 18.9 Å². The molecule has 0 spiro atoms. The number of benzene rings is 1. The van der Waals surface area contributed by atoms with Crippen LogP contribution in [0.5, 0.6) is 5.75 Å². The number of thioether (sulfide) groups is 1. The molecule has 1 unspecified atom stereocenters. The average Bonchev–Trinajstić information content (AvgIpc) is 2.92. The third-order valence-corrected chi connectivity index (χ3v) is 4.04. The molecule has 0 saturated carbocycles. The molecular formula is C13H19BO4S. The fraction of sp³-hybridized carbons (Fsp3) is 0.538. The van der Waals surface area contributed by atoms with Crippen molar-refractivity contribution in [1.29, 1.82) is 0 Å². The highest BCUT2D eigenvalue weighted by molar-refractivity contribution is 7.99. The second-order valence-corrected chi connectivity index (χ2v) is 5.65. The first-order valence-corrected chi connectivity index (χ1v) is 7.69. The van der Waals surface area contributed by atoms with Crippen LogP contribution >= 0.6 is 11.8 Å².